The van der Waals surface area contributed by atoms with E-state index >= 15 is 0 Å². The monoisotopic (exact) mass is 258 g/mol. The summed E-state index contributed by atoms with van der Waals surface area (Å²) in [5.41, 5.74) is 2.19. The SMILES string of the molecule is CC1(c2ccc(C3CCCCC3)cc2)CCC(=O)O1. The van der Waals surface area contributed by atoms with Crippen molar-refractivity contribution in [1.82, 2.24) is 0 Å². The van der Waals surface area contributed by atoms with E-state index in [1.807, 2.05) is 6.92 Å². The van der Waals surface area contributed by atoms with Crippen LogP contribution in [0.2, 0.25) is 0 Å². The number of esters is 1. The Morgan fingerprint density at radius 2 is 1.79 bits per heavy atom. The van der Waals surface area contributed by atoms with Gasteiger partial charge in [0, 0.05) is 12.8 Å². The molecule has 3 rings (SSSR count). The van der Waals surface area contributed by atoms with Crippen LogP contribution in [-0.4, -0.2) is 5.97 Å². The molecule has 1 unspecified atom stereocenters. The molecule has 102 valence electrons. The van der Waals surface area contributed by atoms with Crippen molar-refractivity contribution in [3.05, 3.63) is 35.4 Å². The summed E-state index contributed by atoms with van der Waals surface area (Å²) in [5, 5.41) is 0. The number of hydrogen-bond acceptors (Lipinski definition) is 2. The lowest BCUT2D eigenvalue weighted by Crippen LogP contribution is -2.20. The van der Waals surface area contributed by atoms with Gasteiger partial charge in [-0.25, -0.2) is 0 Å². The van der Waals surface area contributed by atoms with Gasteiger partial charge in [0.05, 0.1) is 0 Å². The molecule has 0 bridgehead atoms. The number of cyclic esters (lactones) is 1. The highest BCUT2D eigenvalue weighted by atomic mass is 16.6. The fraction of sp³-hybridized carbons (Fsp3) is 0.588. The van der Waals surface area contributed by atoms with Gasteiger partial charge in [-0.1, -0.05) is 43.5 Å². The van der Waals surface area contributed by atoms with Crippen LogP contribution in [0.5, 0.6) is 0 Å². The Kier molecular flexibility index (Phi) is 3.34. The lowest BCUT2D eigenvalue weighted by molar-refractivity contribution is -0.147. The first kappa shape index (κ1) is 12.7. The van der Waals surface area contributed by atoms with Gasteiger partial charge in [-0.05, 0) is 36.8 Å². The average molecular weight is 258 g/mol. The topological polar surface area (TPSA) is 26.3 Å². The van der Waals surface area contributed by atoms with Gasteiger partial charge in [-0.2, -0.15) is 0 Å². The van der Waals surface area contributed by atoms with E-state index in [0.29, 0.717) is 6.42 Å². The molecule has 2 fully saturated rings. The molecule has 1 saturated heterocycles. The van der Waals surface area contributed by atoms with Crippen LogP contribution in [0.1, 0.15) is 68.9 Å². The summed E-state index contributed by atoms with van der Waals surface area (Å²) in [6.07, 6.45) is 8.11. The Morgan fingerprint density at radius 3 is 2.37 bits per heavy atom. The summed E-state index contributed by atoms with van der Waals surface area (Å²) in [5.74, 6) is 0.667. The molecule has 0 spiro atoms. The second-order valence-corrected chi connectivity index (χ2v) is 6.16. The van der Waals surface area contributed by atoms with E-state index in [9.17, 15) is 4.79 Å². The normalized spacial score (nSPS) is 28.4. The van der Waals surface area contributed by atoms with Crippen molar-refractivity contribution in [3.8, 4) is 0 Å². The largest absolute Gasteiger partial charge is 0.454 e. The summed E-state index contributed by atoms with van der Waals surface area (Å²) >= 11 is 0. The molecule has 2 aliphatic rings. The molecule has 1 atom stereocenters. The number of hydrogen-bond donors (Lipinski definition) is 0. The van der Waals surface area contributed by atoms with Crippen LogP contribution in [-0.2, 0) is 15.1 Å². The van der Waals surface area contributed by atoms with Crippen molar-refractivity contribution in [2.75, 3.05) is 0 Å². The smallest absolute Gasteiger partial charge is 0.306 e. The van der Waals surface area contributed by atoms with Crippen molar-refractivity contribution in [1.29, 1.82) is 0 Å². The second kappa shape index (κ2) is 4.99. The summed E-state index contributed by atoms with van der Waals surface area (Å²) in [7, 11) is 0. The van der Waals surface area contributed by atoms with E-state index in [-0.39, 0.29) is 5.97 Å². The molecule has 1 saturated carbocycles. The molecule has 1 aliphatic carbocycles. The summed E-state index contributed by atoms with van der Waals surface area (Å²) in [6.45, 7) is 2.02. The Hall–Kier alpha value is -1.31. The van der Waals surface area contributed by atoms with Crippen LogP contribution < -0.4 is 0 Å². The average Bonchev–Trinajstić information content (AvgIpc) is 2.81. The minimum absolute atomic E-state index is 0.0705. The fourth-order valence-electron chi connectivity index (χ4n) is 3.44. The third kappa shape index (κ3) is 2.54. The first-order valence-electron chi connectivity index (χ1n) is 7.50. The highest BCUT2D eigenvalue weighted by molar-refractivity contribution is 5.72. The van der Waals surface area contributed by atoms with Gasteiger partial charge in [0.1, 0.15) is 5.60 Å². The maximum Gasteiger partial charge on any atom is 0.306 e. The number of carbonyl (C=O) groups is 1. The number of rotatable bonds is 2. The second-order valence-electron chi connectivity index (χ2n) is 6.16. The molecule has 19 heavy (non-hydrogen) atoms. The van der Waals surface area contributed by atoms with E-state index < -0.39 is 5.60 Å². The molecule has 1 aromatic rings. The minimum Gasteiger partial charge on any atom is -0.454 e. The lowest BCUT2D eigenvalue weighted by Gasteiger charge is -2.25. The molecule has 0 N–H and O–H groups in total. The van der Waals surface area contributed by atoms with Crippen LogP contribution in [0.3, 0.4) is 0 Å². The molecule has 1 heterocycles. The predicted octanol–water partition coefficient (Wildman–Crippen LogP) is 4.29. The van der Waals surface area contributed by atoms with Gasteiger partial charge in [-0.3, -0.25) is 4.79 Å². The minimum atomic E-state index is -0.401. The van der Waals surface area contributed by atoms with E-state index in [2.05, 4.69) is 24.3 Å². The lowest BCUT2D eigenvalue weighted by atomic mass is 9.83. The molecule has 1 aromatic carbocycles. The number of benzene rings is 1. The first-order chi connectivity index (χ1) is 9.17. The summed E-state index contributed by atoms with van der Waals surface area (Å²) in [4.78, 5) is 11.3. The first-order valence-corrected chi connectivity index (χ1v) is 7.50. The van der Waals surface area contributed by atoms with E-state index in [0.717, 1.165) is 17.9 Å². The molecule has 0 aromatic heterocycles. The van der Waals surface area contributed by atoms with Crippen LogP contribution in [0, 0.1) is 0 Å². The van der Waals surface area contributed by atoms with Gasteiger partial charge in [0.25, 0.3) is 0 Å². The third-order valence-electron chi connectivity index (χ3n) is 4.74. The fourth-order valence-corrected chi connectivity index (χ4v) is 3.44. The van der Waals surface area contributed by atoms with E-state index in [1.54, 1.807) is 0 Å². The quantitative estimate of drug-likeness (QED) is 0.740. The molecule has 0 radical (unpaired) electrons. The standard InChI is InChI=1S/C17H22O2/c1-17(12-11-16(18)19-17)15-9-7-14(8-10-15)13-5-3-2-4-6-13/h7-10,13H,2-6,11-12H2,1H3. The van der Waals surface area contributed by atoms with Crippen LogP contribution >= 0.6 is 0 Å². The molecular formula is C17H22O2. The molecule has 0 amide bonds. The zero-order valence-corrected chi connectivity index (χ0v) is 11.7. The van der Waals surface area contributed by atoms with E-state index in [1.165, 1.54) is 37.7 Å². The van der Waals surface area contributed by atoms with Crippen molar-refractivity contribution < 1.29 is 9.53 Å². The number of carbonyl (C=O) groups excluding carboxylic acids is 1. The van der Waals surface area contributed by atoms with Gasteiger partial charge < -0.3 is 4.74 Å². The van der Waals surface area contributed by atoms with Gasteiger partial charge in [-0.15, -0.1) is 0 Å². The van der Waals surface area contributed by atoms with Crippen LogP contribution in [0.15, 0.2) is 24.3 Å². The maximum absolute atomic E-state index is 11.3. The van der Waals surface area contributed by atoms with Gasteiger partial charge >= 0.3 is 5.97 Å². The number of ether oxygens (including phenoxy) is 1. The van der Waals surface area contributed by atoms with E-state index in [4.69, 9.17) is 4.74 Å². The van der Waals surface area contributed by atoms with Gasteiger partial charge in [0.15, 0.2) is 0 Å². The van der Waals surface area contributed by atoms with Crippen molar-refractivity contribution >= 4 is 5.97 Å². The van der Waals surface area contributed by atoms with Crippen molar-refractivity contribution in [2.24, 2.45) is 0 Å². The highest BCUT2D eigenvalue weighted by Crippen LogP contribution is 2.38. The van der Waals surface area contributed by atoms with Crippen LogP contribution in [0.25, 0.3) is 0 Å². The zero-order valence-electron chi connectivity index (χ0n) is 11.7. The Balaban J connectivity index is 1.77. The Labute approximate surface area is 115 Å². The summed E-state index contributed by atoms with van der Waals surface area (Å²) < 4.78 is 5.48. The Morgan fingerprint density at radius 1 is 1.11 bits per heavy atom. The van der Waals surface area contributed by atoms with Gasteiger partial charge in [0.2, 0.25) is 0 Å². The summed E-state index contributed by atoms with van der Waals surface area (Å²) in [6, 6.07) is 8.79. The van der Waals surface area contributed by atoms with Crippen molar-refractivity contribution in [2.45, 2.75) is 63.4 Å². The zero-order chi connectivity index (χ0) is 13.3. The van der Waals surface area contributed by atoms with Crippen LogP contribution in [0.4, 0.5) is 0 Å². The third-order valence-corrected chi connectivity index (χ3v) is 4.74. The molecule has 2 heteroatoms. The molecular weight excluding hydrogens is 236 g/mol. The molecule has 2 nitrogen and oxygen atoms in total. The van der Waals surface area contributed by atoms with Crippen molar-refractivity contribution in [3.63, 3.8) is 0 Å². The maximum atomic E-state index is 11.3. The predicted molar refractivity (Wildman–Crippen MR) is 74.9 cm³/mol. The molecule has 1 aliphatic heterocycles. The Bertz CT molecular complexity index is 457. The highest BCUT2D eigenvalue weighted by Gasteiger charge is 2.37.